The second-order valence-corrected chi connectivity index (χ2v) is 10.4. The molecule has 0 spiro atoms. The Morgan fingerprint density at radius 1 is 1.14 bits per heavy atom. The van der Waals surface area contributed by atoms with Crippen molar-refractivity contribution in [3.8, 4) is 16.8 Å². The van der Waals surface area contributed by atoms with Crippen molar-refractivity contribution in [1.82, 2.24) is 25.3 Å². The van der Waals surface area contributed by atoms with Gasteiger partial charge in [-0.15, -0.1) is 5.10 Å². The van der Waals surface area contributed by atoms with Crippen LogP contribution in [0.4, 0.5) is 20.6 Å². The molecule has 0 saturated heterocycles. The van der Waals surface area contributed by atoms with Crippen LogP contribution in [0.15, 0.2) is 59.5 Å². The number of hydrogen-bond donors (Lipinski definition) is 4. The van der Waals surface area contributed by atoms with Crippen LogP contribution in [0.1, 0.15) is 48.4 Å². The van der Waals surface area contributed by atoms with E-state index < -0.39 is 29.4 Å². The lowest BCUT2D eigenvalue weighted by molar-refractivity contribution is -0.119. The van der Waals surface area contributed by atoms with Gasteiger partial charge in [0.15, 0.2) is 11.5 Å². The number of anilines is 2. The van der Waals surface area contributed by atoms with Crippen LogP contribution in [0.3, 0.4) is 0 Å². The molecular formula is C29H27ClFN7O5. The topological polar surface area (TPSA) is 160 Å². The van der Waals surface area contributed by atoms with Crippen molar-refractivity contribution in [3.63, 3.8) is 0 Å². The second-order valence-electron chi connectivity index (χ2n) is 10.0. The van der Waals surface area contributed by atoms with Crippen LogP contribution in [-0.2, 0) is 9.53 Å². The Labute approximate surface area is 249 Å². The van der Waals surface area contributed by atoms with Crippen molar-refractivity contribution >= 4 is 40.9 Å². The fraction of sp³-hybridized carbons (Fsp3) is 0.241. The summed E-state index contributed by atoms with van der Waals surface area (Å²) in [5.74, 6) is -1.93. The molecule has 2 aromatic carbocycles. The second kappa shape index (κ2) is 12.4. The van der Waals surface area contributed by atoms with Crippen molar-refractivity contribution in [2.24, 2.45) is 5.92 Å². The van der Waals surface area contributed by atoms with Gasteiger partial charge in [-0.3, -0.25) is 19.7 Å². The molecule has 43 heavy (non-hydrogen) atoms. The van der Waals surface area contributed by atoms with Gasteiger partial charge in [-0.25, -0.2) is 13.9 Å². The van der Waals surface area contributed by atoms with E-state index in [2.05, 4.69) is 36.0 Å². The largest absolute Gasteiger partial charge is 0.453 e. The third kappa shape index (κ3) is 6.56. The molecule has 2 atom stereocenters. The number of H-pyrrole nitrogens is 1. The third-order valence-electron chi connectivity index (χ3n) is 7.05. The smallest absolute Gasteiger partial charge is 0.411 e. The van der Waals surface area contributed by atoms with E-state index in [1.165, 1.54) is 31.5 Å². The maximum absolute atomic E-state index is 14.5. The number of carbonyl (C=O) groups is 3. The highest BCUT2D eigenvalue weighted by atomic mass is 35.5. The number of fused-ring (bicyclic) bond motifs is 4. The van der Waals surface area contributed by atoms with Crippen molar-refractivity contribution < 1.29 is 23.5 Å². The average Bonchev–Trinajstić information content (AvgIpc) is 3.47. The highest BCUT2D eigenvalue weighted by Crippen LogP contribution is 2.33. The molecule has 222 valence electrons. The number of nitrogens with one attached hydrogen (secondary N) is 4. The monoisotopic (exact) mass is 607 g/mol. The maximum atomic E-state index is 14.5. The van der Waals surface area contributed by atoms with E-state index in [9.17, 15) is 23.6 Å². The van der Waals surface area contributed by atoms with E-state index >= 15 is 0 Å². The molecule has 3 heterocycles. The number of aromatic amines is 1. The Balaban J connectivity index is 1.49. The summed E-state index contributed by atoms with van der Waals surface area (Å²) < 4.78 is 20.3. The number of hydrogen-bond acceptors (Lipinski definition) is 7. The van der Waals surface area contributed by atoms with Crippen LogP contribution in [-0.4, -0.2) is 45.0 Å². The van der Waals surface area contributed by atoms with Gasteiger partial charge in [-0.05, 0) is 48.7 Å². The van der Waals surface area contributed by atoms with E-state index in [1.54, 1.807) is 37.3 Å². The number of pyridine rings is 1. The summed E-state index contributed by atoms with van der Waals surface area (Å²) in [5.41, 5.74) is 1.74. The van der Waals surface area contributed by atoms with E-state index in [1.807, 2.05) is 0 Å². The lowest BCUT2D eigenvalue weighted by Crippen LogP contribution is -2.31. The molecular weight excluding hydrogens is 581 g/mol. The fourth-order valence-electron chi connectivity index (χ4n) is 4.76. The molecule has 3 amide bonds. The Hall–Kier alpha value is -5.04. The van der Waals surface area contributed by atoms with Gasteiger partial charge in [0, 0.05) is 28.9 Å². The fourth-order valence-corrected chi connectivity index (χ4v) is 4.93. The number of ether oxygens (including phenoxy) is 1. The standard InChI is InChI=1S/C29H27ClFN7O5/c1-15-5-3-7-20(34-28(41)23-14-38(37-36-23)24-8-4-6-19(30)26(24)31)22-11-16(12-25(39)33-22)18-10-9-17(32-29(42)43-2)13-21(18)35-27(15)40/h4,6,8-15,20H,3,5,7H2,1-2H3,(H,32,42)(H,33,39)(H,34,41)(H,35,40)/t15?,20-/m0/s1. The molecule has 5 rings (SSSR count). The van der Waals surface area contributed by atoms with Gasteiger partial charge in [-0.2, -0.15) is 0 Å². The van der Waals surface area contributed by atoms with Crippen LogP contribution in [0.25, 0.3) is 16.8 Å². The minimum atomic E-state index is -0.707. The van der Waals surface area contributed by atoms with Crippen LogP contribution >= 0.6 is 11.6 Å². The van der Waals surface area contributed by atoms with Crippen molar-refractivity contribution in [2.45, 2.75) is 32.2 Å². The SMILES string of the molecule is COC(=O)Nc1ccc2c(c1)NC(=O)C(C)CCC[C@H](NC(=O)c1cn(-c3cccc(Cl)c3F)nn1)c1cc-2cc(=O)[nH]1. The Bertz CT molecular complexity index is 1770. The molecule has 4 N–H and O–H groups in total. The van der Waals surface area contributed by atoms with Crippen LogP contribution in [0, 0.1) is 11.7 Å². The number of methoxy groups -OCH3 is 1. The lowest BCUT2D eigenvalue weighted by Gasteiger charge is -2.22. The first-order chi connectivity index (χ1) is 20.6. The number of halogens is 2. The zero-order valence-corrected chi connectivity index (χ0v) is 23.9. The minimum Gasteiger partial charge on any atom is -0.453 e. The normalized spacial score (nSPS) is 16.6. The predicted molar refractivity (Wildman–Crippen MR) is 157 cm³/mol. The first kappa shape index (κ1) is 29.5. The molecule has 0 saturated carbocycles. The zero-order chi connectivity index (χ0) is 30.7. The summed E-state index contributed by atoms with van der Waals surface area (Å²) in [5, 5.41) is 16.0. The van der Waals surface area contributed by atoms with Gasteiger partial charge in [0.05, 0.1) is 30.1 Å². The quantitative estimate of drug-likeness (QED) is 0.259. The molecule has 4 aromatic rings. The summed E-state index contributed by atoms with van der Waals surface area (Å²) in [6.45, 7) is 1.79. The molecule has 12 nitrogen and oxygen atoms in total. The highest BCUT2D eigenvalue weighted by Gasteiger charge is 2.24. The summed E-state index contributed by atoms with van der Waals surface area (Å²) in [4.78, 5) is 53.7. The Kier molecular flexibility index (Phi) is 8.53. The van der Waals surface area contributed by atoms with Crippen LogP contribution < -0.4 is 21.5 Å². The lowest BCUT2D eigenvalue weighted by atomic mass is 9.95. The van der Waals surface area contributed by atoms with E-state index in [0.717, 1.165) is 4.68 Å². The van der Waals surface area contributed by atoms with E-state index in [0.29, 0.717) is 47.5 Å². The van der Waals surface area contributed by atoms with Crippen molar-refractivity contribution in [2.75, 3.05) is 17.7 Å². The maximum Gasteiger partial charge on any atom is 0.411 e. The molecule has 1 aliphatic heterocycles. The number of benzene rings is 2. The van der Waals surface area contributed by atoms with E-state index in [-0.39, 0.29) is 28.2 Å². The third-order valence-corrected chi connectivity index (χ3v) is 7.34. The molecule has 1 aliphatic rings. The van der Waals surface area contributed by atoms with Gasteiger partial charge in [0.1, 0.15) is 5.69 Å². The van der Waals surface area contributed by atoms with Gasteiger partial charge >= 0.3 is 6.09 Å². The predicted octanol–water partition coefficient (Wildman–Crippen LogP) is 4.82. The summed E-state index contributed by atoms with van der Waals surface area (Å²) >= 11 is 5.88. The van der Waals surface area contributed by atoms with Gasteiger partial charge in [0.2, 0.25) is 11.5 Å². The number of carbonyl (C=O) groups excluding carboxylic acids is 3. The van der Waals surface area contributed by atoms with Crippen molar-refractivity contribution in [1.29, 1.82) is 0 Å². The van der Waals surface area contributed by atoms with Gasteiger partial charge in [-0.1, -0.05) is 42.3 Å². The summed E-state index contributed by atoms with van der Waals surface area (Å²) in [6.07, 6.45) is 2.02. The summed E-state index contributed by atoms with van der Waals surface area (Å²) in [6, 6.07) is 11.7. The molecule has 0 fully saturated rings. The number of nitrogens with zero attached hydrogens (tertiary/aromatic N) is 3. The molecule has 14 heteroatoms. The molecule has 1 unspecified atom stereocenters. The minimum absolute atomic E-state index is 0.0259. The number of rotatable bonds is 4. The molecule has 2 aromatic heterocycles. The molecule has 2 bridgehead atoms. The van der Waals surface area contributed by atoms with Crippen molar-refractivity contribution in [3.05, 3.63) is 87.3 Å². The van der Waals surface area contributed by atoms with Gasteiger partial charge in [0.25, 0.3) is 5.91 Å². The average molecular weight is 608 g/mol. The first-order valence-corrected chi connectivity index (χ1v) is 13.7. The Morgan fingerprint density at radius 2 is 1.95 bits per heavy atom. The van der Waals surface area contributed by atoms with Gasteiger partial charge < -0.3 is 20.4 Å². The van der Waals surface area contributed by atoms with Crippen LogP contribution in [0.2, 0.25) is 5.02 Å². The number of aromatic nitrogens is 4. The number of amides is 3. The Morgan fingerprint density at radius 3 is 2.74 bits per heavy atom. The first-order valence-electron chi connectivity index (χ1n) is 13.3. The highest BCUT2D eigenvalue weighted by molar-refractivity contribution is 6.30. The zero-order valence-electron chi connectivity index (χ0n) is 23.1. The summed E-state index contributed by atoms with van der Waals surface area (Å²) in [7, 11) is 1.24. The van der Waals surface area contributed by atoms with E-state index in [4.69, 9.17) is 11.6 Å². The van der Waals surface area contributed by atoms with Crippen LogP contribution in [0.5, 0.6) is 0 Å². The molecule has 0 aliphatic carbocycles. The molecule has 0 radical (unpaired) electrons.